The van der Waals surface area contributed by atoms with Crippen molar-refractivity contribution in [3.8, 4) is 22.3 Å². The van der Waals surface area contributed by atoms with E-state index in [0.29, 0.717) is 0 Å². The minimum absolute atomic E-state index is 0.822. The van der Waals surface area contributed by atoms with Crippen LogP contribution in [-0.4, -0.2) is 5.71 Å². The Labute approximate surface area is 323 Å². The van der Waals surface area contributed by atoms with Crippen LogP contribution in [0.2, 0.25) is 0 Å². The third-order valence-corrected chi connectivity index (χ3v) is 12.1. The Balaban J connectivity index is 1.13. The molecule has 0 unspecified atom stereocenters. The topological polar surface area (TPSA) is 15.6 Å². The van der Waals surface area contributed by atoms with E-state index in [1.54, 1.807) is 0 Å². The summed E-state index contributed by atoms with van der Waals surface area (Å²) >= 11 is 1.87. The van der Waals surface area contributed by atoms with Crippen LogP contribution in [0, 0.1) is 0 Å². The highest BCUT2D eigenvalue weighted by Crippen LogP contribution is 2.47. The van der Waals surface area contributed by atoms with Crippen LogP contribution in [0.1, 0.15) is 11.1 Å². The van der Waals surface area contributed by atoms with E-state index in [9.17, 15) is 0 Å². The summed E-state index contributed by atoms with van der Waals surface area (Å²) in [5.74, 6) is 0. The SMILES string of the molecule is c1ccc(-c2ccc(N(c3ccc(-c4ccc5ccccc5c4)cc3)c3cc(C4=Nc5ccccc5C4)cc4sc5cc6ccccc6cc5c34)cc2)cc1. The van der Waals surface area contributed by atoms with Gasteiger partial charge in [0.15, 0.2) is 0 Å². The molecule has 1 aromatic heterocycles. The second-order valence-corrected chi connectivity index (χ2v) is 15.5. The summed E-state index contributed by atoms with van der Waals surface area (Å²) in [6, 6.07) is 70.8. The van der Waals surface area contributed by atoms with Crippen LogP contribution in [-0.2, 0) is 6.42 Å². The van der Waals surface area contributed by atoms with Crippen molar-refractivity contribution in [2.75, 3.05) is 4.90 Å². The predicted molar refractivity (Wildman–Crippen MR) is 236 cm³/mol. The zero-order valence-corrected chi connectivity index (χ0v) is 30.8. The second-order valence-electron chi connectivity index (χ2n) is 14.4. The number of fused-ring (bicyclic) bond motifs is 6. The molecule has 3 heteroatoms. The predicted octanol–water partition coefficient (Wildman–Crippen LogP) is 14.8. The van der Waals surface area contributed by atoms with Crippen molar-refractivity contribution in [2.24, 2.45) is 4.99 Å². The molecule has 9 aromatic carbocycles. The number of anilines is 3. The van der Waals surface area contributed by atoms with Gasteiger partial charge in [0.05, 0.1) is 17.1 Å². The molecule has 0 aliphatic carbocycles. The molecule has 0 fully saturated rings. The molecule has 10 aromatic rings. The second kappa shape index (κ2) is 12.9. The van der Waals surface area contributed by atoms with Crippen molar-refractivity contribution in [2.45, 2.75) is 6.42 Å². The minimum Gasteiger partial charge on any atom is -0.310 e. The average Bonchev–Trinajstić information content (AvgIpc) is 3.85. The van der Waals surface area contributed by atoms with E-state index in [4.69, 9.17) is 4.99 Å². The van der Waals surface area contributed by atoms with Gasteiger partial charge in [-0.25, -0.2) is 0 Å². The van der Waals surface area contributed by atoms with E-state index in [-0.39, 0.29) is 0 Å². The highest BCUT2D eigenvalue weighted by Gasteiger charge is 2.23. The fraction of sp³-hybridized carbons (Fsp3) is 0.0192. The molecule has 0 radical (unpaired) electrons. The number of benzene rings is 9. The maximum absolute atomic E-state index is 5.19. The Morgan fingerprint density at radius 1 is 0.418 bits per heavy atom. The smallest absolute Gasteiger partial charge is 0.0669 e. The number of para-hydroxylation sites is 1. The van der Waals surface area contributed by atoms with E-state index in [2.05, 4.69) is 199 Å². The van der Waals surface area contributed by atoms with Crippen molar-refractivity contribution in [1.82, 2.24) is 0 Å². The van der Waals surface area contributed by atoms with Crippen molar-refractivity contribution < 1.29 is 0 Å². The molecule has 0 spiro atoms. The number of hydrogen-bond acceptors (Lipinski definition) is 3. The van der Waals surface area contributed by atoms with Crippen LogP contribution in [0.25, 0.3) is 64.0 Å². The van der Waals surface area contributed by atoms with E-state index in [1.165, 1.54) is 69.5 Å². The van der Waals surface area contributed by atoms with Gasteiger partial charge >= 0.3 is 0 Å². The molecule has 0 saturated heterocycles. The number of nitrogens with zero attached hydrogens (tertiary/aromatic N) is 2. The lowest BCUT2D eigenvalue weighted by Crippen LogP contribution is -2.12. The lowest BCUT2D eigenvalue weighted by Gasteiger charge is -2.27. The Kier molecular flexibility index (Phi) is 7.46. The summed E-state index contributed by atoms with van der Waals surface area (Å²) in [6.45, 7) is 0. The van der Waals surface area contributed by atoms with Gasteiger partial charge in [-0.3, -0.25) is 4.99 Å². The summed E-state index contributed by atoms with van der Waals surface area (Å²) in [4.78, 5) is 7.64. The van der Waals surface area contributed by atoms with Crippen LogP contribution in [0.4, 0.5) is 22.7 Å². The molecule has 1 aliphatic heterocycles. The van der Waals surface area contributed by atoms with Crippen LogP contribution < -0.4 is 4.90 Å². The van der Waals surface area contributed by atoms with Crippen LogP contribution in [0.5, 0.6) is 0 Å². The summed E-state index contributed by atoms with van der Waals surface area (Å²) in [5, 5.41) is 7.54. The molecule has 2 heterocycles. The molecule has 0 bridgehead atoms. The van der Waals surface area contributed by atoms with Crippen LogP contribution in [0.15, 0.2) is 199 Å². The van der Waals surface area contributed by atoms with Gasteiger partial charge in [0.25, 0.3) is 0 Å². The van der Waals surface area contributed by atoms with Gasteiger partial charge in [0.1, 0.15) is 0 Å². The molecule has 2 nitrogen and oxygen atoms in total. The number of thiophene rings is 1. The molecule has 0 atom stereocenters. The monoisotopic (exact) mass is 718 g/mol. The quantitative estimate of drug-likeness (QED) is 0.167. The third kappa shape index (κ3) is 5.60. The highest BCUT2D eigenvalue weighted by molar-refractivity contribution is 7.26. The standard InChI is InChI=1S/C52H34N2S/c1-2-10-34(11-3-1)36-20-24-44(25-21-36)54(45-26-22-37(23-27-45)41-19-18-35-12-4-5-13-38(35)28-41)49-31-43(48-30-42-16-8-9-17-47(42)53-48)33-51-52(49)46-29-39-14-6-7-15-40(39)32-50(46)55-51/h1-29,31-33H,30H2. The van der Waals surface area contributed by atoms with Gasteiger partial charge in [-0.15, -0.1) is 11.3 Å². The summed E-state index contributed by atoms with van der Waals surface area (Å²) < 4.78 is 2.55. The maximum atomic E-state index is 5.19. The van der Waals surface area contributed by atoms with Crippen molar-refractivity contribution in [3.05, 3.63) is 205 Å². The van der Waals surface area contributed by atoms with Gasteiger partial charge in [0, 0.05) is 38.0 Å². The number of aliphatic imine (C=N–C) groups is 1. The zero-order chi connectivity index (χ0) is 36.3. The Morgan fingerprint density at radius 3 is 1.73 bits per heavy atom. The molecule has 55 heavy (non-hydrogen) atoms. The fourth-order valence-electron chi connectivity index (χ4n) is 8.25. The maximum Gasteiger partial charge on any atom is 0.0669 e. The summed E-state index contributed by atoms with van der Waals surface area (Å²) in [6.07, 6.45) is 0.822. The van der Waals surface area contributed by atoms with Gasteiger partial charge in [0.2, 0.25) is 0 Å². The van der Waals surface area contributed by atoms with E-state index in [1.807, 2.05) is 11.3 Å². The van der Waals surface area contributed by atoms with Gasteiger partial charge < -0.3 is 4.90 Å². The molecule has 11 rings (SSSR count). The third-order valence-electron chi connectivity index (χ3n) is 11.0. The van der Waals surface area contributed by atoms with Crippen molar-refractivity contribution in [3.63, 3.8) is 0 Å². The van der Waals surface area contributed by atoms with E-state index >= 15 is 0 Å². The molecule has 0 N–H and O–H groups in total. The van der Waals surface area contributed by atoms with Gasteiger partial charge in [-0.05, 0) is 116 Å². The van der Waals surface area contributed by atoms with Crippen molar-refractivity contribution >= 4 is 81.5 Å². The zero-order valence-electron chi connectivity index (χ0n) is 30.0. The van der Waals surface area contributed by atoms with E-state index in [0.717, 1.165) is 40.4 Å². The summed E-state index contributed by atoms with van der Waals surface area (Å²) in [5.41, 5.74) is 12.8. The summed E-state index contributed by atoms with van der Waals surface area (Å²) in [7, 11) is 0. The molecular weight excluding hydrogens is 685 g/mol. The first kappa shape index (κ1) is 31.7. The van der Waals surface area contributed by atoms with Crippen LogP contribution in [0.3, 0.4) is 0 Å². The largest absolute Gasteiger partial charge is 0.310 e. The van der Waals surface area contributed by atoms with Crippen molar-refractivity contribution in [1.29, 1.82) is 0 Å². The van der Waals surface area contributed by atoms with E-state index < -0.39 is 0 Å². The first-order valence-electron chi connectivity index (χ1n) is 18.8. The Bertz CT molecular complexity index is 3100. The lowest BCUT2D eigenvalue weighted by atomic mass is 9.98. The molecule has 0 amide bonds. The number of hydrogen-bond donors (Lipinski definition) is 0. The highest BCUT2D eigenvalue weighted by atomic mass is 32.1. The van der Waals surface area contributed by atoms with Gasteiger partial charge in [-0.1, -0.05) is 133 Å². The average molecular weight is 719 g/mol. The fourth-order valence-corrected chi connectivity index (χ4v) is 9.44. The molecule has 258 valence electrons. The number of rotatable bonds is 6. The van der Waals surface area contributed by atoms with Crippen LogP contribution >= 0.6 is 11.3 Å². The minimum atomic E-state index is 0.822. The molecular formula is C52H34N2S. The first-order valence-corrected chi connectivity index (χ1v) is 19.6. The molecule has 1 aliphatic rings. The Morgan fingerprint density at radius 2 is 1.00 bits per heavy atom. The lowest BCUT2D eigenvalue weighted by molar-refractivity contribution is 1.30. The molecule has 0 saturated carbocycles. The van der Waals surface area contributed by atoms with Gasteiger partial charge in [-0.2, -0.15) is 0 Å². The normalized spacial score (nSPS) is 12.4. The Hall–Kier alpha value is -6.81. The first-order chi connectivity index (χ1) is 27.2.